The highest BCUT2D eigenvalue weighted by molar-refractivity contribution is 9.10. The molecule has 0 aliphatic rings. The van der Waals surface area contributed by atoms with Crippen molar-refractivity contribution in [2.75, 3.05) is 6.54 Å². The number of likely N-dealkylation sites (N-methyl/N-ethyl adjacent to an activating group) is 1. The largest absolute Gasteiger partial charge is 0.457 e. The molecule has 18 heavy (non-hydrogen) atoms. The van der Waals surface area contributed by atoms with Crippen molar-refractivity contribution in [1.82, 2.24) is 5.32 Å². The highest BCUT2D eigenvalue weighted by atomic mass is 79.9. The van der Waals surface area contributed by atoms with Crippen molar-refractivity contribution in [3.8, 4) is 0 Å². The molecule has 1 atom stereocenters. The predicted octanol–water partition coefficient (Wildman–Crippen LogP) is 4.24. The van der Waals surface area contributed by atoms with Gasteiger partial charge < -0.3 is 9.73 Å². The zero-order valence-corrected chi connectivity index (χ0v) is 12.3. The van der Waals surface area contributed by atoms with Crippen LogP contribution in [0.15, 0.2) is 45.7 Å². The number of nitrogens with one attached hydrogen (secondary N) is 1. The fraction of sp³-hybridized carbons (Fsp3) is 0.333. The van der Waals surface area contributed by atoms with Crippen LogP contribution in [0.2, 0.25) is 0 Å². The van der Waals surface area contributed by atoms with Crippen LogP contribution in [0.25, 0.3) is 0 Å². The summed E-state index contributed by atoms with van der Waals surface area (Å²) in [5.74, 6) is 0. The molecule has 2 nitrogen and oxygen atoms in total. The molecule has 96 valence electrons. The summed E-state index contributed by atoms with van der Waals surface area (Å²) in [5, 5.41) is 3.50. The molecule has 1 aromatic carbocycles. The maximum absolute atomic E-state index is 5.33. The highest BCUT2D eigenvalue weighted by Gasteiger charge is 2.16. The first kappa shape index (κ1) is 13.4. The van der Waals surface area contributed by atoms with Crippen LogP contribution in [0, 0.1) is 6.92 Å². The summed E-state index contributed by atoms with van der Waals surface area (Å²) in [5.41, 5.74) is 3.81. The van der Waals surface area contributed by atoms with Gasteiger partial charge in [-0.05, 0) is 47.4 Å². The second-order valence-electron chi connectivity index (χ2n) is 4.45. The third-order valence-corrected chi connectivity index (χ3v) is 3.68. The predicted molar refractivity (Wildman–Crippen MR) is 77.7 cm³/mol. The standard InChI is InChI=1S/C15H18BrNO/c1-3-17-14(13-8-9-18-15(13)16)10-12-6-4-11(2)5-7-12/h4-9,14,17H,3,10H2,1-2H3. The fourth-order valence-corrected chi connectivity index (χ4v) is 2.57. The summed E-state index contributed by atoms with van der Waals surface area (Å²) in [6.45, 7) is 5.17. The average Bonchev–Trinajstić information content (AvgIpc) is 2.78. The van der Waals surface area contributed by atoms with E-state index in [-0.39, 0.29) is 6.04 Å². The first-order valence-corrected chi connectivity index (χ1v) is 7.01. The summed E-state index contributed by atoms with van der Waals surface area (Å²) < 4.78 is 6.15. The second-order valence-corrected chi connectivity index (χ2v) is 5.17. The van der Waals surface area contributed by atoms with Gasteiger partial charge >= 0.3 is 0 Å². The van der Waals surface area contributed by atoms with Crippen LogP contribution in [0.5, 0.6) is 0 Å². The Kier molecular flexibility index (Phi) is 4.61. The van der Waals surface area contributed by atoms with Gasteiger partial charge in [-0.25, -0.2) is 0 Å². The van der Waals surface area contributed by atoms with Gasteiger partial charge in [0.05, 0.1) is 6.26 Å². The van der Waals surface area contributed by atoms with Crippen molar-refractivity contribution < 1.29 is 4.42 Å². The van der Waals surface area contributed by atoms with E-state index in [0.29, 0.717) is 0 Å². The molecule has 0 saturated carbocycles. The van der Waals surface area contributed by atoms with Gasteiger partial charge in [-0.15, -0.1) is 0 Å². The lowest BCUT2D eigenvalue weighted by atomic mass is 10.0. The molecule has 0 spiro atoms. The lowest BCUT2D eigenvalue weighted by Gasteiger charge is -2.17. The summed E-state index contributed by atoms with van der Waals surface area (Å²) in [6, 6.07) is 11.0. The normalized spacial score (nSPS) is 12.6. The highest BCUT2D eigenvalue weighted by Crippen LogP contribution is 2.27. The van der Waals surface area contributed by atoms with Crippen molar-refractivity contribution in [1.29, 1.82) is 0 Å². The molecular weight excluding hydrogens is 290 g/mol. The van der Waals surface area contributed by atoms with Crippen LogP contribution in [-0.4, -0.2) is 6.54 Å². The van der Waals surface area contributed by atoms with Crippen molar-refractivity contribution in [2.45, 2.75) is 26.3 Å². The van der Waals surface area contributed by atoms with Crippen molar-refractivity contribution in [2.24, 2.45) is 0 Å². The third-order valence-electron chi connectivity index (χ3n) is 3.03. The molecule has 0 fully saturated rings. The van der Waals surface area contributed by atoms with E-state index in [1.807, 2.05) is 6.07 Å². The minimum absolute atomic E-state index is 0.283. The molecule has 0 aliphatic carbocycles. The van der Waals surface area contributed by atoms with Crippen molar-refractivity contribution in [3.05, 3.63) is 58.0 Å². The zero-order valence-electron chi connectivity index (χ0n) is 10.7. The minimum Gasteiger partial charge on any atom is -0.457 e. The third kappa shape index (κ3) is 3.24. The number of benzene rings is 1. The summed E-state index contributed by atoms with van der Waals surface area (Å²) in [4.78, 5) is 0. The Bertz CT molecular complexity index is 489. The van der Waals surface area contributed by atoms with Crippen molar-refractivity contribution >= 4 is 15.9 Å². The molecule has 1 unspecified atom stereocenters. The van der Waals surface area contributed by atoms with E-state index in [4.69, 9.17) is 4.42 Å². The second kappa shape index (κ2) is 6.21. The molecule has 1 N–H and O–H groups in total. The van der Waals surface area contributed by atoms with Gasteiger partial charge in [0, 0.05) is 11.6 Å². The SMILES string of the molecule is CCNC(Cc1ccc(C)cc1)c1ccoc1Br. The average molecular weight is 308 g/mol. The van der Waals surface area contributed by atoms with Gasteiger partial charge in [-0.1, -0.05) is 36.8 Å². The maximum Gasteiger partial charge on any atom is 0.173 e. The summed E-state index contributed by atoms with van der Waals surface area (Å²) in [7, 11) is 0. The number of aryl methyl sites for hydroxylation is 1. The Morgan fingerprint density at radius 3 is 2.50 bits per heavy atom. The van der Waals surface area contributed by atoms with Gasteiger partial charge in [0.2, 0.25) is 0 Å². The number of halogens is 1. The van der Waals surface area contributed by atoms with E-state index >= 15 is 0 Å². The van der Waals surface area contributed by atoms with Crippen molar-refractivity contribution in [3.63, 3.8) is 0 Å². The monoisotopic (exact) mass is 307 g/mol. The smallest absolute Gasteiger partial charge is 0.173 e. The molecule has 2 rings (SSSR count). The maximum atomic E-state index is 5.33. The molecule has 0 bridgehead atoms. The Labute approximate surface area is 117 Å². The number of furan rings is 1. The van der Waals surface area contributed by atoms with Crippen LogP contribution in [-0.2, 0) is 6.42 Å². The van der Waals surface area contributed by atoms with E-state index < -0.39 is 0 Å². The molecule has 1 heterocycles. The van der Waals surface area contributed by atoms with Gasteiger partial charge in [0.1, 0.15) is 0 Å². The lowest BCUT2D eigenvalue weighted by Crippen LogP contribution is -2.22. The van der Waals surface area contributed by atoms with Crippen LogP contribution in [0.1, 0.15) is 29.7 Å². The van der Waals surface area contributed by atoms with Crippen LogP contribution >= 0.6 is 15.9 Å². The Morgan fingerprint density at radius 2 is 1.94 bits per heavy atom. The van der Waals surface area contributed by atoms with E-state index in [0.717, 1.165) is 17.6 Å². The van der Waals surface area contributed by atoms with Crippen LogP contribution < -0.4 is 5.32 Å². The molecule has 0 aliphatic heterocycles. The van der Waals surface area contributed by atoms with Gasteiger partial charge in [0.25, 0.3) is 0 Å². The topological polar surface area (TPSA) is 25.2 Å². The molecule has 0 amide bonds. The first-order chi connectivity index (χ1) is 8.70. The molecule has 0 radical (unpaired) electrons. The Hall–Kier alpha value is -1.06. The zero-order chi connectivity index (χ0) is 13.0. The van der Waals surface area contributed by atoms with Crippen LogP contribution in [0.4, 0.5) is 0 Å². The molecule has 2 aromatic rings. The van der Waals surface area contributed by atoms with E-state index in [2.05, 4.69) is 59.4 Å². The molecule has 3 heteroatoms. The number of hydrogen-bond acceptors (Lipinski definition) is 2. The van der Waals surface area contributed by atoms with Gasteiger partial charge in [-0.3, -0.25) is 0 Å². The summed E-state index contributed by atoms with van der Waals surface area (Å²) in [6.07, 6.45) is 2.69. The molecular formula is C15H18BrNO. The van der Waals surface area contributed by atoms with Gasteiger partial charge in [-0.2, -0.15) is 0 Å². The molecule has 1 aromatic heterocycles. The first-order valence-electron chi connectivity index (χ1n) is 6.22. The summed E-state index contributed by atoms with van der Waals surface area (Å²) >= 11 is 3.46. The fourth-order valence-electron chi connectivity index (χ4n) is 2.05. The van der Waals surface area contributed by atoms with E-state index in [1.165, 1.54) is 16.7 Å². The van der Waals surface area contributed by atoms with Crippen LogP contribution in [0.3, 0.4) is 0 Å². The lowest BCUT2D eigenvalue weighted by molar-refractivity contribution is 0.506. The number of rotatable bonds is 5. The van der Waals surface area contributed by atoms with E-state index in [1.54, 1.807) is 6.26 Å². The van der Waals surface area contributed by atoms with Gasteiger partial charge in [0.15, 0.2) is 4.67 Å². The Balaban J connectivity index is 2.16. The quantitative estimate of drug-likeness (QED) is 0.893. The minimum atomic E-state index is 0.283. The number of hydrogen-bond donors (Lipinski definition) is 1. The van der Waals surface area contributed by atoms with E-state index in [9.17, 15) is 0 Å². The molecule has 0 saturated heterocycles. The Morgan fingerprint density at radius 1 is 1.22 bits per heavy atom.